The van der Waals surface area contributed by atoms with Gasteiger partial charge in [-0.2, -0.15) is 0 Å². The van der Waals surface area contributed by atoms with E-state index in [0.717, 1.165) is 0 Å². The standard InChI is InChI=1S/C13H16FNO3/c1-3-6-11(16)15-10-8-5-7-9(12(10)14)13(17)18-4-2/h5,7-8H,3-4,6H2,1-2H3,(H,15,16). The molecule has 0 atom stereocenters. The molecule has 1 rings (SSSR count). The predicted molar refractivity (Wildman–Crippen MR) is 65.9 cm³/mol. The second-order valence-electron chi connectivity index (χ2n) is 3.69. The van der Waals surface area contributed by atoms with E-state index in [2.05, 4.69) is 5.32 Å². The minimum absolute atomic E-state index is 0.000923. The molecule has 5 heteroatoms. The summed E-state index contributed by atoms with van der Waals surface area (Å²) in [5, 5.41) is 2.43. The second-order valence-corrected chi connectivity index (χ2v) is 3.69. The number of amides is 1. The third kappa shape index (κ3) is 3.55. The van der Waals surface area contributed by atoms with Crippen LogP contribution in [-0.2, 0) is 9.53 Å². The molecule has 0 aliphatic heterocycles. The minimum Gasteiger partial charge on any atom is -0.462 e. The van der Waals surface area contributed by atoms with Crippen molar-refractivity contribution in [2.45, 2.75) is 26.7 Å². The lowest BCUT2D eigenvalue weighted by Crippen LogP contribution is -2.14. The van der Waals surface area contributed by atoms with Gasteiger partial charge in [0.2, 0.25) is 5.91 Å². The highest BCUT2D eigenvalue weighted by Gasteiger charge is 2.16. The van der Waals surface area contributed by atoms with Crippen LogP contribution in [-0.4, -0.2) is 18.5 Å². The van der Waals surface area contributed by atoms with Crippen LogP contribution < -0.4 is 5.32 Å². The fraction of sp³-hybridized carbons (Fsp3) is 0.385. The van der Waals surface area contributed by atoms with Crippen molar-refractivity contribution >= 4 is 17.6 Å². The van der Waals surface area contributed by atoms with E-state index in [1.807, 2.05) is 6.92 Å². The van der Waals surface area contributed by atoms with Crippen LogP contribution in [0.5, 0.6) is 0 Å². The molecule has 0 aliphatic carbocycles. The third-order valence-corrected chi connectivity index (χ3v) is 2.25. The first-order valence-corrected chi connectivity index (χ1v) is 5.85. The maximum Gasteiger partial charge on any atom is 0.341 e. The van der Waals surface area contributed by atoms with Crippen LogP contribution in [0.3, 0.4) is 0 Å². The Labute approximate surface area is 105 Å². The largest absolute Gasteiger partial charge is 0.462 e. The maximum absolute atomic E-state index is 13.9. The minimum atomic E-state index is -0.764. The zero-order valence-electron chi connectivity index (χ0n) is 10.5. The Bertz CT molecular complexity index is 446. The molecule has 0 radical (unpaired) electrons. The molecule has 0 fully saturated rings. The van der Waals surface area contributed by atoms with Crippen molar-refractivity contribution in [1.29, 1.82) is 0 Å². The van der Waals surface area contributed by atoms with Crippen molar-refractivity contribution in [1.82, 2.24) is 0 Å². The Kier molecular flexibility index (Phi) is 5.30. The average molecular weight is 253 g/mol. The van der Waals surface area contributed by atoms with Gasteiger partial charge in [-0.25, -0.2) is 9.18 Å². The van der Waals surface area contributed by atoms with Gasteiger partial charge in [0.25, 0.3) is 0 Å². The Morgan fingerprint density at radius 3 is 2.67 bits per heavy atom. The first-order chi connectivity index (χ1) is 8.60. The van der Waals surface area contributed by atoms with Crippen molar-refractivity contribution in [2.75, 3.05) is 11.9 Å². The molecule has 0 unspecified atom stereocenters. The molecule has 4 nitrogen and oxygen atoms in total. The van der Waals surface area contributed by atoms with Gasteiger partial charge in [0.15, 0.2) is 5.82 Å². The monoisotopic (exact) mass is 253 g/mol. The van der Waals surface area contributed by atoms with Crippen LogP contribution in [0.25, 0.3) is 0 Å². The first-order valence-electron chi connectivity index (χ1n) is 5.85. The Balaban J connectivity index is 2.91. The highest BCUT2D eigenvalue weighted by atomic mass is 19.1. The topological polar surface area (TPSA) is 55.4 Å². The van der Waals surface area contributed by atoms with Crippen molar-refractivity contribution in [3.05, 3.63) is 29.6 Å². The fourth-order valence-corrected chi connectivity index (χ4v) is 1.43. The van der Waals surface area contributed by atoms with E-state index in [-0.39, 0.29) is 23.8 Å². The summed E-state index contributed by atoms with van der Waals surface area (Å²) in [6.45, 7) is 3.67. The van der Waals surface area contributed by atoms with Gasteiger partial charge in [0.1, 0.15) is 0 Å². The van der Waals surface area contributed by atoms with Gasteiger partial charge in [-0.1, -0.05) is 13.0 Å². The molecule has 1 amide bonds. The summed E-state index contributed by atoms with van der Waals surface area (Å²) in [5.41, 5.74) is -0.176. The van der Waals surface area contributed by atoms with Gasteiger partial charge in [-0.05, 0) is 25.5 Å². The number of hydrogen-bond acceptors (Lipinski definition) is 3. The molecule has 1 N–H and O–H groups in total. The molecule has 18 heavy (non-hydrogen) atoms. The van der Waals surface area contributed by atoms with E-state index >= 15 is 0 Å². The van der Waals surface area contributed by atoms with Crippen LogP contribution in [0.2, 0.25) is 0 Å². The first kappa shape index (κ1) is 14.2. The summed E-state index contributed by atoms with van der Waals surface area (Å²) in [5.74, 6) is -1.78. The molecule has 1 aromatic rings. The Morgan fingerprint density at radius 1 is 1.33 bits per heavy atom. The van der Waals surface area contributed by atoms with Crippen LogP contribution in [0.15, 0.2) is 18.2 Å². The van der Waals surface area contributed by atoms with Crippen LogP contribution in [0, 0.1) is 5.82 Å². The second kappa shape index (κ2) is 6.74. The number of nitrogens with one attached hydrogen (secondary N) is 1. The average Bonchev–Trinajstić information content (AvgIpc) is 2.32. The number of benzene rings is 1. The zero-order valence-corrected chi connectivity index (χ0v) is 10.5. The molecular weight excluding hydrogens is 237 g/mol. The summed E-state index contributed by atoms with van der Waals surface area (Å²) >= 11 is 0. The molecule has 0 heterocycles. The quantitative estimate of drug-likeness (QED) is 0.821. The van der Waals surface area contributed by atoms with Crippen LogP contribution in [0.4, 0.5) is 10.1 Å². The number of halogens is 1. The smallest absolute Gasteiger partial charge is 0.341 e. The molecule has 0 aromatic heterocycles. The van der Waals surface area contributed by atoms with Crippen LogP contribution in [0.1, 0.15) is 37.0 Å². The molecule has 0 spiro atoms. The number of esters is 1. The van der Waals surface area contributed by atoms with E-state index < -0.39 is 11.8 Å². The number of carbonyl (C=O) groups excluding carboxylic acids is 2. The van der Waals surface area contributed by atoms with Gasteiger partial charge in [0.05, 0.1) is 17.9 Å². The van der Waals surface area contributed by atoms with Gasteiger partial charge in [0, 0.05) is 6.42 Å². The van der Waals surface area contributed by atoms with E-state index in [1.165, 1.54) is 18.2 Å². The summed E-state index contributed by atoms with van der Waals surface area (Å²) in [4.78, 5) is 22.8. The molecule has 0 saturated carbocycles. The Morgan fingerprint density at radius 2 is 2.06 bits per heavy atom. The number of rotatable bonds is 5. The maximum atomic E-state index is 13.9. The zero-order chi connectivity index (χ0) is 13.5. The van der Waals surface area contributed by atoms with Crippen molar-refractivity contribution in [2.24, 2.45) is 0 Å². The van der Waals surface area contributed by atoms with Gasteiger partial charge in [-0.3, -0.25) is 4.79 Å². The molecule has 1 aromatic carbocycles. The number of ether oxygens (including phenoxy) is 1. The van der Waals surface area contributed by atoms with Gasteiger partial charge >= 0.3 is 5.97 Å². The summed E-state index contributed by atoms with van der Waals surface area (Å²) < 4.78 is 18.7. The SMILES string of the molecule is CCCC(=O)Nc1cccc(C(=O)OCC)c1F. The summed E-state index contributed by atoms with van der Waals surface area (Å²) in [7, 11) is 0. The number of hydrogen-bond donors (Lipinski definition) is 1. The number of carbonyl (C=O) groups is 2. The predicted octanol–water partition coefficient (Wildman–Crippen LogP) is 2.74. The molecular formula is C13H16FNO3. The normalized spacial score (nSPS) is 9.94. The summed E-state index contributed by atoms with van der Waals surface area (Å²) in [6, 6.07) is 4.23. The van der Waals surface area contributed by atoms with Crippen LogP contribution >= 0.6 is 0 Å². The van der Waals surface area contributed by atoms with Gasteiger partial charge < -0.3 is 10.1 Å². The highest BCUT2D eigenvalue weighted by Crippen LogP contribution is 2.19. The number of anilines is 1. The molecule has 98 valence electrons. The van der Waals surface area contributed by atoms with Crippen molar-refractivity contribution in [3.8, 4) is 0 Å². The lowest BCUT2D eigenvalue weighted by Gasteiger charge is -2.08. The van der Waals surface area contributed by atoms with E-state index in [4.69, 9.17) is 4.74 Å². The molecule has 0 aliphatic rings. The molecule has 0 bridgehead atoms. The van der Waals surface area contributed by atoms with E-state index in [0.29, 0.717) is 12.8 Å². The lowest BCUT2D eigenvalue weighted by atomic mass is 10.2. The van der Waals surface area contributed by atoms with Crippen molar-refractivity contribution < 1.29 is 18.7 Å². The highest BCUT2D eigenvalue weighted by molar-refractivity contribution is 5.94. The molecule has 0 saturated heterocycles. The fourth-order valence-electron chi connectivity index (χ4n) is 1.43. The van der Waals surface area contributed by atoms with E-state index in [1.54, 1.807) is 6.92 Å². The van der Waals surface area contributed by atoms with E-state index in [9.17, 15) is 14.0 Å². The van der Waals surface area contributed by atoms with Crippen molar-refractivity contribution in [3.63, 3.8) is 0 Å². The Hall–Kier alpha value is -1.91. The summed E-state index contributed by atoms with van der Waals surface area (Å²) in [6.07, 6.45) is 0.980. The lowest BCUT2D eigenvalue weighted by molar-refractivity contribution is -0.116. The third-order valence-electron chi connectivity index (χ3n) is 2.25. The van der Waals surface area contributed by atoms with Gasteiger partial charge in [-0.15, -0.1) is 0 Å².